The normalized spacial score (nSPS) is 10.4. The van der Waals surface area contributed by atoms with Gasteiger partial charge in [0.1, 0.15) is 0 Å². The lowest BCUT2D eigenvalue weighted by atomic mass is 10.9. The van der Waals surface area contributed by atoms with E-state index in [2.05, 4.69) is 11.7 Å². The first-order chi connectivity index (χ1) is 5.41. The van der Waals surface area contributed by atoms with E-state index < -0.39 is 0 Å². The molecule has 0 amide bonds. The van der Waals surface area contributed by atoms with E-state index in [4.69, 9.17) is 5.11 Å². The fourth-order valence-electron chi connectivity index (χ4n) is 0.137. The van der Waals surface area contributed by atoms with E-state index in [1.54, 1.807) is 59.9 Å². The van der Waals surface area contributed by atoms with Crippen molar-refractivity contribution in [2.75, 3.05) is 12.4 Å². The molecular formula is C2H6OS8. The van der Waals surface area contributed by atoms with E-state index in [1.807, 2.05) is 0 Å². The fourth-order valence-corrected chi connectivity index (χ4v) is 14.1. The average molecular weight is 303 g/mol. The molecule has 0 radical (unpaired) electrons. The van der Waals surface area contributed by atoms with Crippen molar-refractivity contribution in [1.29, 1.82) is 0 Å². The van der Waals surface area contributed by atoms with E-state index >= 15 is 0 Å². The van der Waals surface area contributed by atoms with E-state index in [0.29, 0.717) is 0 Å². The molecule has 0 aliphatic carbocycles. The Hall–Kier alpha value is 2.76. The molecule has 0 aromatic carbocycles. The van der Waals surface area contributed by atoms with Crippen LogP contribution in [0.3, 0.4) is 0 Å². The first kappa shape index (κ1) is 13.8. The van der Waals surface area contributed by atoms with Gasteiger partial charge in [0.15, 0.2) is 0 Å². The largest absolute Gasteiger partial charge is 0.395 e. The van der Waals surface area contributed by atoms with Crippen LogP contribution in [0.25, 0.3) is 0 Å². The van der Waals surface area contributed by atoms with Crippen LogP contribution in [-0.4, -0.2) is 17.5 Å². The Morgan fingerprint density at radius 1 is 1.00 bits per heavy atom. The summed E-state index contributed by atoms with van der Waals surface area (Å²) in [6.45, 7) is 0.261. The zero-order valence-corrected chi connectivity index (χ0v) is 11.8. The second-order valence-electron chi connectivity index (χ2n) is 0.960. The first-order valence-electron chi connectivity index (χ1n) is 2.29. The second-order valence-corrected chi connectivity index (χ2v) is 13.1. The molecule has 0 aliphatic rings. The Morgan fingerprint density at radius 3 is 2.27 bits per heavy atom. The summed E-state index contributed by atoms with van der Waals surface area (Å²) in [6.07, 6.45) is 0. The third-order valence-electron chi connectivity index (χ3n) is 0.364. The molecule has 0 spiro atoms. The molecule has 11 heavy (non-hydrogen) atoms. The van der Waals surface area contributed by atoms with Gasteiger partial charge in [-0.2, -0.15) is 0 Å². The lowest BCUT2D eigenvalue weighted by Gasteiger charge is -1.95. The van der Waals surface area contributed by atoms with Crippen molar-refractivity contribution < 1.29 is 5.11 Å². The van der Waals surface area contributed by atoms with Crippen molar-refractivity contribution in [3.8, 4) is 0 Å². The van der Waals surface area contributed by atoms with E-state index in [0.717, 1.165) is 5.75 Å². The number of hydrogen-bond donors (Lipinski definition) is 2. The fraction of sp³-hybridized carbons (Fsp3) is 1.00. The number of aliphatic hydroxyl groups excluding tert-OH is 1. The summed E-state index contributed by atoms with van der Waals surface area (Å²) in [6, 6.07) is 0. The van der Waals surface area contributed by atoms with E-state index in [1.165, 1.54) is 9.83 Å². The molecule has 0 bridgehead atoms. The zero-order chi connectivity index (χ0) is 8.36. The Labute approximate surface area is 97.7 Å². The Kier molecular flexibility index (Phi) is 16.0. The number of hydrogen-bond acceptors (Lipinski definition) is 9. The monoisotopic (exact) mass is 302 g/mol. The molecule has 0 aliphatic heterocycles. The zero-order valence-electron chi connectivity index (χ0n) is 5.17. The molecule has 1 nitrogen and oxygen atoms in total. The summed E-state index contributed by atoms with van der Waals surface area (Å²) in [7, 11) is 11.6. The summed E-state index contributed by atoms with van der Waals surface area (Å²) in [5.41, 5.74) is 0. The van der Waals surface area contributed by atoms with Crippen LogP contribution < -0.4 is 0 Å². The van der Waals surface area contributed by atoms with Gasteiger partial charge < -0.3 is 5.11 Å². The van der Waals surface area contributed by atoms with Crippen LogP contribution in [-0.2, 0) is 0 Å². The lowest BCUT2D eigenvalue weighted by Crippen LogP contribution is -1.80. The summed E-state index contributed by atoms with van der Waals surface area (Å²) in [5, 5.41) is 8.43. The third-order valence-corrected chi connectivity index (χ3v) is 13.8. The van der Waals surface area contributed by atoms with Gasteiger partial charge >= 0.3 is 0 Å². The maximum Gasteiger partial charge on any atom is 0.0530 e. The molecule has 9 heteroatoms. The van der Waals surface area contributed by atoms with Crippen LogP contribution in [0.15, 0.2) is 0 Å². The topological polar surface area (TPSA) is 20.2 Å². The molecule has 0 aromatic rings. The molecule has 0 fully saturated rings. The molecule has 0 unspecified atom stereocenters. The maximum atomic E-state index is 8.43. The van der Waals surface area contributed by atoms with Crippen LogP contribution in [0.4, 0.5) is 0 Å². The van der Waals surface area contributed by atoms with Crippen LogP contribution in [0, 0.1) is 0 Å². The predicted octanol–water partition coefficient (Wildman–Crippen LogP) is 4.45. The molecule has 0 heterocycles. The summed E-state index contributed by atoms with van der Waals surface area (Å²) < 4.78 is 0. The van der Waals surface area contributed by atoms with Gasteiger partial charge in [-0.15, -0.1) is 0 Å². The number of rotatable bonds is 8. The first-order valence-corrected chi connectivity index (χ1v) is 12.3. The highest BCUT2D eigenvalue weighted by Gasteiger charge is 1.93. The van der Waals surface area contributed by atoms with Crippen LogP contribution in [0.2, 0.25) is 0 Å². The van der Waals surface area contributed by atoms with Crippen molar-refractivity contribution in [1.82, 2.24) is 0 Å². The summed E-state index contributed by atoms with van der Waals surface area (Å²) in [4.78, 5) is 0. The average Bonchev–Trinajstić information content (AvgIpc) is 2.03. The second kappa shape index (κ2) is 12.8. The molecule has 0 saturated carbocycles. The lowest BCUT2D eigenvalue weighted by molar-refractivity contribution is 0.323. The molecule has 0 rings (SSSR count). The van der Waals surface area contributed by atoms with Crippen molar-refractivity contribution in [2.24, 2.45) is 0 Å². The van der Waals surface area contributed by atoms with Crippen LogP contribution >= 0.6 is 81.4 Å². The Balaban J connectivity index is 2.69. The van der Waals surface area contributed by atoms with Crippen molar-refractivity contribution in [3.63, 3.8) is 0 Å². The van der Waals surface area contributed by atoms with Gasteiger partial charge in [-0.05, 0) is 59.0 Å². The molecule has 0 aromatic heterocycles. The highest BCUT2D eigenvalue weighted by molar-refractivity contribution is 9.48. The van der Waals surface area contributed by atoms with Gasteiger partial charge in [0.05, 0.1) is 6.61 Å². The van der Waals surface area contributed by atoms with E-state index in [9.17, 15) is 0 Å². The SMILES string of the molecule is OCCSSSSSSSS. The predicted molar refractivity (Wildman–Crippen MR) is 74.1 cm³/mol. The van der Waals surface area contributed by atoms with Crippen molar-refractivity contribution in [3.05, 3.63) is 0 Å². The van der Waals surface area contributed by atoms with Gasteiger partial charge in [-0.3, -0.25) is 0 Å². The minimum atomic E-state index is 0.261. The van der Waals surface area contributed by atoms with Gasteiger partial charge in [-0.25, -0.2) is 0 Å². The van der Waals surface area contributed by atoms with Gasteiger partial charge in [0.2, 0.25) is 0 Å². The quantitative estimate of drug-likeness (QED) is 0.385. The minimum Gasteiger partial charge on any atom is -0.395 e. The van der Waals surface area contributed by atoms with Crippen LogP contribution in [0.1, 0.15) is 0 Å². The Morgan fingerprint density at radius 2 is 1.64 bits per heavy atom. The highest BCUT2D eigenvalue weighted by atomic mass is 34.0. The van der Waals surface area contributed by atoms with Gasteiger partial charge in [-0.1, -0.05) is 22.5 Å². The third kappa shape index (κ3) is 12.8. The van der Waals surface area contributed by atoms with Gasteiger partial charge in [0, 0.05) is 5.75 Å². The van der Waals surface area contributed by atoms with Gasteiger partial charge in [0.25, 0.3) is 0 Å². The smallest absolute Gasteiger partial charge is 0.0530 e. The van der Waals surface area contributed by atoms with Crippen molar-refractivity contribution >= 4 is 81.4 Å². The molecular weight excluding hydrogens is 297 g/mol. The van der Waals surface area contributed by atoms with Crippen LogP contribution in [0.5, 0.6) is 0 Å². The summed E-state index contributed by atoms with van der Waals surface area (Å²) in [5.74, 6) is 0.803. The molecule has 0 saturated heterocycles. The maximum absolute atomic E-state index is 8.43. The summed E-state index contributed by atoms with van der Waals surface area (Å²) >= 11 is 3.97. The minimum absolute atomic E-state index is 0.261. The Bertz CT molecular complexity index is 61.1. The molecule has 68 valence electrons. The van der Waals surface area contributed by atoms with E-state index in [-0.39, 0.29) is 6.61 Å². The molecule has 1 N–H and O–H groups in total. The van der Waals surface area contributed by atoms with Crippen molar-refractivity contribution in [2.45, 2.75) is 0 Å². The molecule has 0 atom stereocenters. The highest BCUT2D eigenvalue weighted by Crippen LogP contribution is 2.55. The number of aliphatic hydroxyl groups is 1. The standard InChI is InChI=1S/C2H6OS8/c3-1-2-5-7-9-11-10-8-6-4/h3-4H,1-2H2. The number of thiol groups is 1.